The normalized spacial score (nSPS) is 21.9. The van der Waals surface area contributed by atoms with Gasteiger partial charge in [-0.05, 0) is 31.2 Å². The first-order chi connectivity index (χ1) is 10.2. The van der Waals surface area contributed by atoms with Gasteiger partial charge in [0.15, 0.2) is 0 Å². The van der Waals surface area contributed by atoms with Crippen LogP contribution in [0.2, 0.25) is 0 Å². The van der Waals surface area contributed by atoms with E-state index in [2.05, 4.69) is 0 Å². The number of aliphatic carboxylic acids is 1. The second kappa shape index (κ2) is 6.40. The van der Waals surface area contributed by atoms with Gasteiger partial charge in [-0.15, -0.1) is 11.3 Å². The Bertz CT molecular complexity index is 555. The molecular weight excluding hydrogens is 306 g/mol. The molecule has 21 heavy (non-hydrogen) atoms. The predicted octanol–water partition coefficient (Wildman–Crippen LogP) is 2.66. The van der Waals surface area contributed by atoms with Gasteiger partial charge in [0.2, 0.25) is 0 Å². The summed E-state index contributed by atoms with van der Waals surface area (Å²) >= 11 is 3.43. The lowest BCUT2D eigenvalue weighted by Gasteiger charge is -2.35. The van der Waals surface area contributed by atoms with Gasteiger partial charge in [0.05, 0.1) is 18.0 Å². The van der Waals surface area contributed by atoms with Crippen molar-refractivity contribution in [3.05, 3.63) is 21.4 Å². The number of carbonyl (C=O) groups excluding carboxylic acids is 1. The average molecular weight is 325 g/mol. The number of carboxylic acid groups (broad SMARTS) is 1. The Morgan fingerprint density at radius 1 is 1.33 bits per heavy atom. The number of carbonyl (C=O) groups is 2. The molecule has 6 heteroatoms. The zero-order chi connectivity index (χ0) is 14.8. The standard InChI is InChI=1S/C15H19NO3S2/c17-14(18)7-10-8-20-6-5-16(10)15(19)12-9-21-13-4-2-1-3-11(12)13/h9-10H,1-8H2,(H,17,18). The Kier molecular flexibility index (Phi) is 4.54. The van der Waals surface area contributed by atoms with Crippen LogP contribution in [0.25, 0.3) is 0 Å². The molecule has 4 nitrogen and oxygen atoms in total. The molecule has 0 bridgehead atoms. The van der Waals surface area contributed by atoms with Crippen molar-refractivity contribution in [3.8, 4) is 0 Å². The fourth-order valence-corrected chi connectivity index (χ4v) is 5.30. The molecule has 114 valence electrons. The minimum absolute atomic E-state index is 0.0425. The summed E-state index contributed by atoms with van der Waals surface area (Å²) in [6.45, 7) is 0.659. The third-order valence-electron chi connectivity index (χ3n) is 4.19. The summed E-state index contributed by atoms with van der Waals surface area (Å²) in [5.41, 5.74) is 2.06. The van der Waals surface area contributed by atoms with Crippen molar-refractivity contribution >= 4 is 35.0 Å². The Balaban J connectivity index is 1.82. The number of rotatable bonds is 3. The fourth-order valence-electron chi connectivity index (χ4n) is 3.12. The number of thiophene rings is 1. The second-order valence-corrected chi connectivity index (χ2v) is 7.70. The molecule has 3 rings (SSSR count). The van der Waals surface area contributed by atoms with Gasteiger partial charge in [0.1, 0.15) is 0 Å². The molecular formula is C15H19NO3S2. The highest BCUT2D eigenvalue weighted by molar-refractivity contribution is 7.99. The van der Waals surface area contributed by atoms with E-state index in [-0.39, 0.29) is 18.4 Å². The van der Waals surface area contributed by atoms with Crippen molar-refractivity contribution in [3.63, 3.8) is 0 Å². The van der Waals surface area contributed by atoms with Gasteiger partial charge in [-0.3, -0.25) is 9.59 Å². The van der Waals surface area contributed by atoms with Crippen LogP contribution in [-0.4, -0.2) is 46.0 Å². The lowest BCUT2D eigenvalue weighted by molar-refractivity contribution is -0.138. The Morgan fingerprint density at radius 3 is 2.95 bits per heavy atom. The molecule has 1 aromatic heterocycles. The topological polar surface area (TPSA) is 57.6 Å². The summed E-state index contributed by atoms with van der Waals surface area (Å²) in [4.78, 5) is 27.0. The Morgan fingerprint density at radius 2 is 2.14 bits per heavy atom. The van der Waals surface area contributed by atoms with E-state index in [1.165, 1.54) is 16.9 Å². The fraction of sp³-hybridized carbons (Fsp3) is 0.600. The predicted molar refractivity (Wildman–Crippen MR) is 85.4 cm³/mol. The molecule has 0 saturated carbocycles. The number of amides is 1. The zero-order valence-corrected chi connectivity index (χ0v) is 13.5. The summed E-state index contributed by atoms with van der Waals surface area (Å²) < 4.78 is 0. The van der Waals surface area contributed by atoms with Gasteiger partial charge >= 0.3 is 5.97 Å². The minimum atomic E-state index is -0.826. The number of nitrogens with zero attached hydrogens (tertiary/aromatic N) is 1. The maximum atomic E-state index is 12.9. The van der Waals surface area contributed by atoms with E-state index in [9.17, 15) is 9.59 Å². The third kappa shape index (κ3) is 3.11. The molecule has 2 aliphatic rings. The molecule has 1 aromatic rings. The number of thioether (sulfide) groups is 1. The van der Waals surface area contributed by atoms with Crippen molar-refractivity contribution in [2.45, 2.75) is 38.1 Å². The number of fused-ring (bicyclic) bond motifs is 1. The van der Waals surface area contributed by atoms with E-state index in [1.54, 1.807) is 28.0 Å². The zero-order valence-electron chi connectivity index (χ0n) is 11.8. The summed E-state index contributed by atoms with van der Waals surface area (Å²) in [6, 6.07) is -0.173. The van der Waals surface area contributed by atoms with Crippen LogP contribution < -0.4 is 0 Å². The van der Waals surface area contributed by atoms with Crippen molar-refractivity contribution in [2.24, 2.45) is 0 Å². The number of hydrogen-bond acceptors (Lipinski definition) is 4. The van der Waals surface area contributed by atoms with Crippen LogP contribution in [0.4, 0.5) is 0 Å². The van der Waals surface area contributed by atoms with Crippen LogP contribution in [0.5, 0.6) is 0 Å². The highest BCUT2D eigenvalue weighted by Crippen LogP contribution is 2.32. The molecule has 1 amide bonds. The average Bonchev–Trinajstić information content (AvgIpc) is 2.90. The second-order valence-electron chi connectivity index (χ2n) is 5.58. The number of aryl methyl sites for hydroxylation is 1. The van der Waals surface area contributed by atoms with E-state index >= 15 is 0 Å². The molecule has 1 aliphatic carbocycles. The van der Waals surface area contributed by atoms with Crippen molar-refractivity contribution in [2.75, 3.05) is 18.1 Å². The van der Waals surface area contributed by atoms with Crippen LogP contribution in [0.3, 0.4) is 0 Å². The number of carboxylic acids is 1. The number of hydrogen-bond donors (Lipinski definition) is 1. The maximum absolute atomic E-state index is 12.9. The molecule has 0 spiro atoms. The third-order valence-corrected chi connectivity index (χ3v) is 6.37. The van der Waals surface area contributed by atoms with Crippen molar-refractivity contribution < 1.29 is 14.7 Å². The van der Waals surface area contributed by atoms with Crippen molar-refractivity contribution in [1.82, 2.24) is 4.90 Å². The first-order valence-corrected chi connectivity index (χ1v) is 9.40. The molecule has 1 N–H and O–H groups in total. The van der Waals surface area contributed by atoms with Crippen molar-refractivity contribution in [1.29, 1.82) is 0 Å². The van der Waals surface area contributed by atoms with Crippen LogP contribution in [0.15, 0.2) is 5.38 Å². The van der Waals surface area contributed by atoms with Gasteiger partial charge < -0.3 is 10.0 Å². The van der Waals surface area contributed by atoms with Crippen LogP contribution in [-0.2, 0) is 17.6 Å². The molecule has 1 aliphatic heterocycles. The summed E-state index contributed by atoms with van der Waals surface area (Å²) in [5.74, 6) is 0.840. The summed E-state index contributed by atoms with van der Waals surface area (Å²) in [7, 11) is 0. The van der Waals surface area contributed by atoms with E-state index in [0.29, 0.717) is 6.54 Å². The lowest BCUT2D eigenvalue weighted by atomic mass is 9.95. The molecule has 1 saturated heterocycles. The van der Waals surface area contributed by atoms with Gasteiger partial charge in [-0.25, -0.2) is 0 Å². The first kappa shape index (κ1) is 14.9. The molecule has 1 atom stereocenters. The lowest BCUT2D eigenvalue weighted by Crippen LogP contribution is -2.47. The molecule has 1 unspecified atom stereocenters. The summed E-state index contributed by atoms with van der Waals surface area (Å²) in [5, 5.41) is 11.0. The summed E-state index contributed by atoms with van der Waals surface area (Å²) in [6.07, 6.45) is 4.49. The van der Waals surface area contributed by atoms with Gasteiger partial charge in [0, 0.05) is 28.3 Å². The molecule has 0 radical (unpaired) electrons. The van der Waals surface area contributed by atoms with E-state index in [0.717, 1.165) is 36.3 Å². The minimum Gasteiger partial charge on any atom is -0.481 e. The van der Waals surface area contributed by atoms with Gasteiger partial charge in [-0.1, -0.05) is 0 Å². The molecule has 2 heterocycles. The van der Waals surface area contributed by atoms with E-state index in [4.69, 9.17) is 5.11 Å². The van der Waals surface area contributed by atoms with E-state index in [1.807, 2.05) is 5.38 Å². The largest absolute Gasteiger partial charge is 0.481 e. The highest BCUT2D eigenvalue weighted by atomic mass is 32.2. The molecule has 1 fully saturated rings. The Labute approximate surface area is 132 Å². The monoisotopic (exact) mass is 325 g/mol. The quantitative estimate of drug-likeness (QED) is 0.928. The van der Waals surface area contributed by atoms with Gasteiger partial charge in [-0.2, -0.15) is 11.8 Å². The smallest absolute Gasteiger partial charge is 0.305 e. The molecule has 0 aromatic carbocycles. The van der Waals surface area contributed by atoms with E-state index < -0.39 is 5.97 Å². The maximum Gasteiger partial charge on any atom is 0.305 e. The van der Waals surface area contributed by atoms with Crippen LogP contribution >= 0.6 is 23.1 Å². The van der Waals surface area contributed by atoms with Crippen LogP contribution in [0.1, 0.15) is 40.1 Å². The SMILES string of the molecule is O=C(O)CC1CSCCN1C(=O)c1csc2c1CCCC2. The van der Waals surface area contributed by atoms with Gasteiger partial charge in [0.25, 0.3) is 5.91 Å². The first-order valence-electron chi connectivity index (χ1n) is 7.36. The Hall–Kier alpha value is -1.01. The van der Waals surface area contributed by atoms with Crippen LogP contribution in [0, 0.1) is 0 Å². The highest BCUT2D eigenvalue weighted by Gasteiger charge is 2.31.